The van der Waals surface area contributed by atoms with Crippen molar-refractivity contribution in [3.05, 3.63) is 35.9 Å². The third-order valence-electron chi connectivity index (χ3n) is 2.43. The normalized spacial score (nSPS) is 14.7. The summed E-state index contributed by atoms with van der Waals surface area (Å²) >= 11 is 0. The molecule has 0 aromatic heterocycles. The van der Waals surface area contributed by atoms with Gasteiger partial charge in [-0.25, -0.2) is 0 Å². The van der Waals surface area contributed by atoms with Crippen LogP contribution < -0.4 is 0 Å². The Morgan fingerprint density at radius 1 is 1.06 bits per heavy atom. The fourth-order valence-corrected chi connectivity index (χ4v) is 4.24. The minimum absolute atomic E-state index is 0.735. The first-order valence-corrected chi connectivity index (χ1v) is 8.54. The van der Waals surface area contributed by atoms with E-state index >= 15 is 0 Å². The summed E-state index contributed by atoms with van der Waals surface area (Å²) in [4.78, 5) is 0. The second-order valence-corrected chi connectivity index (χ2v) is 7.28. The van der Waals surface area contributed by atoms with Gasteiger partial charge in [0, 0.05) is 19.3 Å². The van der Waals surface area contributed by atoms with Crippen molar-refractivity contribution in [2.75, 3.05) is 13.2 Å². The zero-order valence-corrected chi connectivity index (χ0v) is 11.5. The first-order chi connectivity index (χ1) is 7.70. The van der Waals surface area contributed by atoms with Crippen molar-refractivity contribution in [1.82, 2.24) is 0 Å². The molecule has 1 rings (SSSR count). The fraction of sp³-hybridized carbons (Fsp3) is 0.538. The summed E-state index contributed by atoms with van der Waals surface area (Å²) in [5, 5.41) is 0. The molecule has 16 heavy (non-hydrogen) atoms. The Morgan fingerprint density at radius 2 is 1.75 bits per heavy atom. The van der Waals surface area contributed by atoms with Gasteiger partial charge in [0.2, 0.25) is 0 Å². The smallest absolute Gasteiger partial charge is 0.339 e. The highest BCUT2D eigenvalue weighted by atomic mass is 28.4. The molecule has 3 heteroatoms. The third kappa shape index (κ3) is 4.47. The zero-order chi connectivity index (χ0) is 11.9. The Balaban J connectivity index is 2.62. The van der Waals surface area contributed by atoms with Gasteiger partial charge in [0.15, 0.2) is 0 Å². The maximum absolute atomic E-state index is 5.94. The number of hydrogen-bond donors (Lipinski definition) is 0. The predicted molar refractivity (Wildman–Crippen MR) is 69.6 cm³/mol. The molecule has 1 aromatic rings. The van der Waals surface area contributed by atoms with E-state index in [4.69, 9.17) is 8.85 Å². The molecule has 1 atom stereocenters. The lowest BCUT2D eigenvalue weighted by Crippen LogP contribution is -2.42. The van der Waals surface area contributed by atoms with Gasteiger partial charge in [-0.3, -0.25) is 0 Å². The van der Waals surface area contributed by atoms with Crippen LogP contribution in [0.3, 0.4) is 0 Å². The highest BCUT2D eigenvalue weighted by Gasteiger charge is 2.31. The van der Waals surface area contributed by atoms with Gasteiger partial charge >= 0.3 is 8.56 Å². The maximum Gasteiger partial charge on any atom is 0.339 e. The Morgan fingerprint density at radius 3 is 2.31 bits per heavy atom. The Kier molecular flexibility index (Phi) is 5.73. The Hall–Kier alpha value is -0.643. The van der Waals surface area contributed by atoms with E-state index in [2.05, 4.69) is 37.7 Å². The SMILES string of the molecule is CCCO[Si](C)(Cc1ccccc1)OCC. The van der Waals surface area contributed by atoms with E-state index in [-0.39, 0.29) is 0 Å². The highest BCUT2D eigenvalue weighted by molar-refractivity contribution is 6.65. The van der Waals surface area contributed by atoms with Crippen LogP contribution in [0.15, 0.2) is 30.3 Å². The van der Waals surface area contributed by atoms with Gasteiger partial charge in [-0.2, -0.15) is 0 Å². The van der Waals surface area contributed by atoms with Crippen molar-refractivity contribution in [3.63, 3.8) is 0 Å². The topological polar surface area (TPSA) is 18.5 Å². The summed E-state index contributed by atoms with van der Waals surface area (Å²) in [5.41, 5.74) is 1.31. The number of benzene rings is 1. The van der Waals surface area contributed by atoms with Crippen molar-refractivity contribution in [3.8, 4) is 0 Å². The number of rotatable bonds is 7. The van der Waals surface area contributed by atoms with Crippen LogP contribution in [0.1, 0.15) is 25.8 Å². The highest BCUT2D eigenvalue weighted by Crippen LogP contribution is 2.15. The van der Waals surface area contributed by atoms with E-state index in [1.165, 1.54) is 5.56 Å². The van der Waals surface area contributed by atoms with Gasteiger partial charge in [-0.05, 0) is 25.5 Å². The third-order valence-corrected chi connectivity index (χ3v) is 5.19. The summed E-state index contributed by atoms with van der Waals surface area (Å²) in [6.07, 6.45) is 1.05. The van der Waals surface area contributed by atoms with Crippen molar-refractivity contribution >= 4 is 8.56 Å². The van der Waals surface area contributed by atoms with E-state index in [0.29, 0.717) is 0 Å². The van der Waals surface area contributed by atoms with Crippen molar-refractivity contribution in [1.29, 1.82) is 0 Å². The van der Waals surface area contributed by atoms with Crippen LogP contribution in [-0.4, -0.2) is 21.8 Å². The largest absolute Gasteiger partial charge is 0.394 e. The average Bonchev–Trinajstić information content (AvgIpc) is 2.28. The molecule has 90 valence electrons. The monoisotopic (exact) mass is 238 g/mol. The first-order valence-electron chi connectivity index (χ1n) is 6.02. The molecule has 1 aromatic carbocycles. The van der Waals surface area contributed by atoms with Crippen LogP contribution in [0.25, 0.3) is 0 Å². The molecule has 0 amide bonds. The van der Waals surface area contributed by atoms with E-state index in [1.807, 2.05) is 13.0 Å². The molecule has 0 saturated heterocycles. The lowest BCUT2D eigenvalue weighted by Gasteiger charge is -2.26. The van der Waals surface area contributed by atoms with Crippen molar-refractivity contribution in [2.24, 2.45) is 0 Å². The van der Waals surface area contributed by atoms with Gasteiger partial charge < -0.3 is 8.85 Å². The lowest BCUT2D eigenvalue weighted by atomic mass is 10.2. The molecular formula is C13H22O2Si. The molecule has 2 nitrogen and oxygen atoms in total. The van der Waals surface area contributed by atoms with Crippen LogP contribution in [0, 0.1) is 0 Å². The molecule has 0 heterocycles. The molecule has 0 aliphatic carbocycles. The molecule has 0 radical (unpaired) electrons. The second kappa shape index (κ2) is 6.84. The van der Waals surface area contributed by atoms with Gasteiger partial charge in [0.25, 0.3) is 0 Å². The molecule has 0 spiro atoms. The standard InChI is InChI=1S/C13H22O2Si/c1-4-11-15-16(3,14-5-2)12-13-9-7-6-8-10-13/h6-10H,4-5,11-12H2,1-3H3. The van der Waals surface area contributed by atoms with E-state index in [0.717, 1.165) is 25.7 Å². The zero-order valence-electron chi connectivity index (χ0n) is 10.5. The summed E-state index contributed by atoms with van der Waals surface area (Å²) in [7, 11) is -2.01. The average molecular weight is 238 g/mol. The molecule has 0 saturated carbocycles. The van der Waals surface area contributed by atoms with Crippen LogP contribution in [0.2, 0.25) is 6.55 Å². The van der Waals surface area contributed by atoms with Crippen LogP contribution in [-0.2, 0) is 14.9 Å². The van der Waals surface area contributed by atoms with Gasteiger partial charge in [-0.15, -0.1) is 0 Å². The number of hydrogen-bond acceptors (Lipinski definition) is 2. The lowest BCUT2D eigenvalue weighted by molar-refractivity contribution is 0.180. The van der Waals surface area contributed by atoms with Gasteiger partial charge in [0.1, 0.15) is 0 Å². The molecule has 0 aliphatic rings. The van der Waals surface area contributed by atoms with Crippen molar-refractivity contribution < 1.29 is 8.85 Å². The molecule has 0 N–H and O–H groups in total. The summed E-state index contributed by atoms with van der Waals surface area (Å²) in [5.74, 6) is 0. The second-order valence-electron chi connectivity index (χ2n) is 4.08. The molecule has 0 aliphatic heterocycles. The summed E-state index contributed by atoms with van der Waals surface area (Å²) < 4.78 is 11.8. The van der Waals surface area contributed by atoms with E-state index in [1.54, 1.807) is 0 Å². The Labute approximate surface area is 99.8 Å². The van der Waals surface area contributed by atoms with E-state index < -0.39 is 8.56 Å². The quantitative estimate of drug-likeness (QED) is 0.679. The Bertz CT molecular complexity index is 289. The molecule has 0 bridgehead atoms. The summed E-state index contributed by atoms with van der Waals surface area (Å²) in [6, 6.07) is 11.4. The minimum Gasteiger partial charge on any atom is -0.394 e. The first kappa shape index (κ1) is 13.4. The summed E-state index contributed by atoms with van der Waals surface area (Å²) in [6.45, 7) is 7.85. The van der Waals surface area contributed by atoms with Crippen molar-refractivity contribution in [2.45, 2.75) is 32.9 Å². The molecule has 0 fully saturated rings. The predicted octanol–water partition coefficient (Wildman–Crippen LogP) is 3.30. The molecular weight excluding hydrogens is 216 g/mol. The van der Waals surface area contributed by atoms with Crippen LogP contribution in [0.5, 0.6) is 0 Å². The van der Waals surface area contributed by atoms with Gasteiger partial charge in [0.05, 0.1) is 0 Å². The van der Waals surface area contributed by atoms with Gasteiger partial charge in [-0.1, -0.05) is 37.3 Å². The minimum atomic E-state index is -2.01. The van der Waals surface area contributed by atoms with Crippen LogP contribution in [0.4, 0.5) is 0 Å². The maximum atomic E-state index is 5.94. The van der Waals surface area contributed by atoms with E-state index in [9.17, 15) is 0 Å². The van der Waals surface area contributed by atoms with Crippen LogP contribution >= 0.6 is 0 Å². The molecule has 1 unspecified atom stereocenters. The fourth-order valence-electron chi connectivity index (χ4n) is 1.73.